The molecule has 0 unspecified atom stereocenters. The van der Waals surface area contributed by atoms with Gasteiger partial charge in [-0.3, -0.25) is 14.8 Å². The number of aromatic nitrogens is 2. The van der Waals surface area contributed by atoms with Crippen molar-refractivity contribution in [3.63, 3.8) is 0 Å². The molecule has 0 bridgehead atoms. The number of carbonyl (C=O) groups is 1. The van der Waals surface area contributed by atoms with Gasteiger partial charge in [-0.05, 0) is 67.4 Å². The lowest BCUT2D eigenvalue weighted by Gasteiger charge is -2.19. The standard InChI is InChI=1S/C26H22N4O2/c1-18-15-22(7-13-28-18)29-21-4-2-3-20(16-21)26(31)30-14-10-19-5-6-24(17-25(19)30)32-23-8-11-27-12-9-23/h2-9,11-13,15-17H,10,14H2,1H3,(H,28,29). The van der Waals surface area contributed by atoms with E-state index in [1.807, 2.05) is 66.4 Å². The minimum absolute atomic E-state index is 0.0284. The first-order valence-electron chi connectivity index (χ1n) is 10.5. The molecule has 1 amide bonds. The Kier molecular flexibility index (Phi) is 5.25. The van der Waals surface area contributed by atoms with Gasteiger partial charge in [0.25, 0.3) is 5.91 Å². The van der Waals surface area contributed by atoms with Gasteiger partial charge in [-0.1, -0.05) is 12.1 Å². The summed E-state index contributed by atoms with van der Waals surface area (Å²) >= 11 is 0. The van der Waals surface area contributed by atoms with Crippen LogP contribution in [0.25, 0.3) is 0 Å². The Bertz CT molecular complexity index is 1270. The van der Waals surface area contributed by atoms with E-state index in [2.05, 4.69) is 15.3 Å². The first-order valence-corrected chi connectivity index (χ1v) is 10.5. The van der Waals surface area contributed by atoms with E-state index in [1.54, 1.807) is 30.7 Å². The molecule has 0 aliphatic carbocycles. The van der Waals surface area contributed by atoms with Gasteiger partial charge < -0.3 is 15.0 Å². The molecule has 2 aromatic carbocycles. The molecule has 5 rings (SSSR count). The molecular formula is C26H22N4O2. The number of fused-ring (bicyclic) bond motifs is 1. The summed E-state index contributed by atoms with van der Waals surface area (Å²) in [6.07, 6.45) is 5.96. The molecule has 2 aromatic heterocycles. The van der Waals surface area contributed by atoms with Crippen molar-refractivity contribution in [2.45, 2.75) is 13.3 Å². The maximum atomic E-state index is 13.4. The minimum atomic E-state index is -0.0284. The number of nitrogens with one attached hydrogen (secondary N) is 1. The molecule has 158 valence electrons. The first kappa shape index (κ1) is 19.8. The average molecular weight is 422 g/mol. The van der Waals surface area contributed by atoms with Crippen molar-refractivity contribution >= 4 is 23.0 Å². The summed E-state index contributed by atoms with van der Waals surface area (Å²) in [6, 6.07) is 21.0. The molecule has 1 aliphatic heterocycles. The third-order valence-corrected chi connectivity index (χ3v) is 5.38. The van der Waals surface area contributed by atoms with E-state index >= 15 is 0 Å². The monoisotopic (exact) mass is 422 g/mol. The number of rotatable bonds is 5. The third-order valence-electron chi connectivity index (χ3n) is 5.38. The topological polar surface area (TPSA) is 67.4 Å². The summed E-state index contributed by atoms with van der Waals surface area (Å²) in [5.41, 5.74) is 5.39. The van der Waals surface area contributed by atoms with Gasteiger partial charge in [0.15, 0.2) is 0 Å². The van der Waals surface area contributed by atoms with Crippen LogP contribution in [0.2, 0.25) is 0 Å². The molecule has 3 heterocycles. The van der Waals surface area contributed by atoms with Gasteiger partial charge in [0.1, 0.15) is 11.5 Å². The van der Waals surface area contributed by atoms with Crippen molar-refractivity contribution in [1.82, 2.24) is 9.97 Å². The van der Waals surface area contributed by atoms with Gasteiger partial charge in [-0.15, -0.1) is 0 Å². The fourth-order valence-electron chi connectivity index (χ4n) is 3.85. The molecular weight excluding hydrogens is 400 g/mol. The van der Waals surface area contributed by atoms with Crippen LogP contribution in [0.1, 0.15) is 21.6 Å². The first-order chi connectivity index (χ1) is 15.7. The van der Waals surface area contributed by atoms with E-state index in [0.717, 1.165) is 34.7 Å². The van der Waals surface area contributed by atoms with Crippen molar-refractivity contribution in [2.24, 2.45) is 0 Å². The lowest BCUT2D eigenvalue weighted by molar-refractivity contribution is 0.0989. The van der Waals surface area contributed by atoms with Crippen LogP contribution >= 0.6 is 0 Å². The van der Waals surface area contributed by atoms with Crippen molar-refractivity contribution in [3.05, 3.63) is 102 Å². The molecule has 0 saturated heterocycles. The zero-order chi connectivity index (χ0) is 21.9. The maximum Gasteiger partial charge on any atom is 0.258 e. The van der Waals surface area contributed by atoms with E-state index in [-0.39, 0.29) is 5.91 Å². The van der Waals surface area contributed by atoms with Crippen LogP contribution in [0.4, 0.5) is 17.1 Å². The van der Waals surface area contributed by atoms with Gasteiger partial charge in [0.05, 0.1) is 5.69 Å². The molecule has 0 spiro atoms. The highest BCUT2D eigenvalue weighted by molar-refractivity contribution is 6.08. The van der Waals surface area contributed by atoms with E-state index in [9.17, 15) is 4.79 Å². The molecule has 0 fully saturated rings. The van der Waals surface area contributed by atoms with Crippen LogP contribution in [0.3, 0.4) is 0 Å². The Hall–Kier alpha value is -4.19. The van der Waals surface area contributed by atoms with E-state index in [1.165, 1.54) is 0 Å². The SMILES string of the molecule is Cc1cc(Nc2cccc(C(=O)N3CCc4ccc(Oc5ccncc5)cc43)c2)ccn1. The van der Waals surface area contributed by atoms with Crippen molar-refractivity contribution in [2.75, 3.05) is 16.8 Å². The summed E-state index contributed by atoms with van der Waals surface area (Å²) < 4.78 is 5.94. The van der Waals surface area contributed by atoms with Crippen LogP contribution in [0.15, 0.2) is 85.3 Å². The lowest BCUT2D eigenvalue weighted by atomic mass is 10.1. The highest BCUT2D eigenvalue weighted by atomic mass is 16.5. The van der Waals surface area contributed by atoms with Crippen molar-refractivity contribution in [3.8, 4) is 11.5 Å². The van der Waals surface area contributed by atoms with Gasteiger partial charge in [0.2, 0.25) is 0 Å². The smallest absolute Gasteiger partial charge is 0.258 e. The molecule has 0 saturated carbocycles. The number of anilines is 3. The number of nitrogens with zero attached hydrogens (tertiary/aromatic N) is 3. The summed E-state index contributed by atoms with van der Waals surface area (Å²) in [5, 5.41) is 3.35. The molecule has 0 atom stereocenters. The maximum absolute atomic E-state index is 13.4. The lowest BCUT2D eigenvalue weighted by Crippen LogP contribution is -2.28. The second-order valence-electron chi connectivity index (χ2n) is 7.67. The number of carbonyl (C=O) groups excluding carboxylic acids is 1. The molecule has 32 heavy (non-hydrogen) atoms. The summed E-state index contributed by atoms with van der Waals surface area (Å²) in [6.45, 7) is 2.59. The third kappa shape index (κ3) is 4.16. The fourth-order valence-corrected chi connectivity index (χ4v) is 3.85. The van der Waals surface area contributed by atoms with Crippen LogP contribution in [-0.4, -0.2) is 22.4 Å². The highest BCUT2D eigenvalue weighted by Crippen LogP contribution is 2.34. The number of hydrogen-bond donors (Lipinski definition) is 1. The number of ether oxygens (including phenoxy) is 1. The quantitative estimate of drug-likeness (QED) is 0.458. The van der Waals surface area contributed by atoms with E-state index < -0.39 is 0 Å². The fraction of sp³-hybridized carbons (Fsp3) is 0.115. The minimum Gasteiger partial charge on any atom is -0.457 e. The Balaban J connectivity index is 1.37. The van der Waals surface area contributed by atoms with Gasteiger partial charge in [-0.2, -0.15) is 0 Å². The second-order valence-corrected chi connectivity index (χ2v) is 7.67. The molecule has 0 radical (unpaired) electrons. The van der Waals surface area contributed by atoms with Gasteiger partial charge in [-0.25, -0.2) is 0 Å². The Morgan fingerprint density at radius 3 is 2.62 bits per heavy atom. The molecule has 6 nitrogen and oxygen atoms in total. The van der Waals surface area contributed by atoms with Crippen LogP contribution in [0, 0.1) is 6.92 Å². The molecule has 4 aromatic rings. The zero-order valence-corrected chi connectivity index (χ0v) is 17.7. The van der Waals surface area contributed by atoms with Gasteiger partial charge in [0, 0.05) is 53.8 Å². The number of benzene rings is 2. The Morgan fingerprint density at radius 1 is 0.938 bits per heavy atom. The number of amides is 1. The zero-order valence-electron chi connectivity index (χ0n) is 17.7. The molecule has 6 heteroatoms. The molecule has 1 N–H and O–H groups in total. The van der Waals surface area contributed by atoms with Crippen molar-refractivity contribution in [1.29, 1.82) is 0 Å². The Labute approximate surface area is 186 Å². The van der Waals surface area contributed by atoms with E-state index in [0.29, 0.717) is 23.6 Å². The second kappa shape index (κ2) is 8.51. The summed E-state index contributed by atoms with van der Waals surface area (Å²) in [5.74, 6) is 1.37. The van der Waals surface area contributed by atoms with E-state index in [4.69, 9.17) is 4.74 Å². The van der Waals surface area contributed by atoms with Gasteiger partial charge >= 0.3 is 0 Å². The number of hydrogen-bond acceptors (Lipinski definition) is 5. The summed E-state index contributed by atoms with van der Waals surface area (Å²) in [7, 11) is 0. The average Bonchev–Trinajstić information content (AvgIpc) is 3.23. The number of aryl methyl sites for hydroxylation is 1. The normalized spacial score (nSPS) is 12.3. The Morgan fingerprint density at radius 2 is 1.78 bits per heavy atom. The highest BCUT2D eigenvalue weighted by Gasteiger charge is 2.26. The largest absolute Gasteiger partial charge is 0.457 e. The molecule has 1 aliphatic rings. The van der Waals surface area contributed by atoms with Crippen LogP contribution < -0.4 is 15.0 Å². The summed E-state index contributed by atoms with van der Waals surface area (Å²) in [4.78, 5) is 23.4. The predicted octanol–water partition coefficient (Wildman–Crippen LogP) is 5.52. The number of pyridine rings is 2. The predicted molar refractivity (Wildman–Crippen MR) is 125 cm³/mol. The van der Waals surface area contributed by atoms with Crippen LogP contribution in [-0.2, 0) is 6.42 Å². The van der Waals surface area contributed by atoms with Crippen molar-refractivity contribution < 1.29 is 9.53 Å². The van der Waals surface area contributed by atoms with Crippen LogP contribution in [0.5, 0.6) is 11.5 Å².